The average Bonchev–Trinajstić information content (AvgIpc) is 2.62. The number of amides is 3. The van der Waals surface area contributed by atoms with E-state index in [-0.39, 0.29) is 24.4 Å². The number of nitrogens with zero attached hydrogens (tertiary/aromatic N) is 2. The van der Waals surface area contributed by atoms with Crippen molar-refractivity contribution >= 4 is 46.2 Å². The van der Waals surface area contributed by atoms with Crippen molar-refractivity contribution in [2.24, 2.45) is 0 Å². The van der Waals surface area contributed by atoms with Gasteiger partial charge in [0.15, 0.2) is 5.16 Å². The van der Waals surface area contributed by atoms with Gasteiger partial charge in [-0.1, -0.05) is 29.4 Å². The zero-order chi connectivity index (χ0) is 19.8. The predicted octanol–water partition coefficient (Wildman–Crippen LogP) is 1.80. The molecule has 0 aliphatic carbocycles. The van der Waals surface area contributed by atoms with Gasteiger partial charge in [0.25, 0.3) is 5.56 Å². The number of allylic oxidation sites excluding steroid dienone is 1. The van der Waals surface area contributed by atoms with Crippen LogP contribution in [0.1, 0.15) is 0 Å². The molecule has 0 saturated carbocycles. The molecule has 0 aliphatic rings. The maximum atomic E-state index is 12.7. The fourth-order valence-corrected chi connectivity index (χ4v) is 3.15. The molecule has 0 aliphatic heterocycles. The van der Waals surface area contributed by atoms with Gasteiger partial charge in [0.05, 0.1) is 23.3 Å². The summed E-state index contributed by atoms with van der Waals surface area (Å²) in [7, 11) is 1.51. The molecule has 10 heteroatoms. The highest BCUT2D eigenvalue weighted by atomic mass is 35.5. The van der Waals surface area contributed by atoms with Crippen LogP contribution in [0, 0.1) is 0 Å². The summed E-state index contributed by atoms with van der Waals surface area (Å²) in [5.41, 5.74) is 0.185. The second-order valence-corrected chi connectivity index (χ2v) is 6.72. The molecule has 0 atom stereocenters. The van der Waals surface area contributed by atoms with Crippen molar-refractivity contribution in [2.75, 3.05) is 26.0 Å². The summed E-state index contributed by atoms with van der Waals surface area (Å²) >= 11 is 7.02. The molecule has 2 rings (SSSR count). The quantitative estimate of drug-likeness (QED) is 0.298. The zero-order valence-electron chi connectivity index (χ0n) is 14.7. The van der Waals surface area contributed by atoms with E-state index in [2.05, 4.69) is 22.2 Å². The molecule has 2 N–H and O–H groups in total. The van der Waals surface area contributed by atoms with Gasteiger partial charge in [0.2, 0.25) is 5.91 Å². The number of urea groups is 1. The number of aromatic nitrogens is 2. The number of carbonyl (C=O) groups excluding carboxylic acids is 2. The van der Waals surface area contributed by atoms with Crippen LogP contribution < -0.4 is 16.2 Å². The van der Waals surface area contributed by atoms with Gasteiger partial charge < -0.3 is 10.1 Å². The number of imide groups is 1. The highest BCUT2D eigenvalue weighted by Gasteiger charge is 2.14. The third kappa shape index (κ3) is 5.81. The number of nitrogens with one attached hydrogen (secondary N) is 2. The lowest BCUT2D eigenvalue weighted by Gasteiger charge is -2.11. The highest BCUT2D eigenvalue weighted by molar-refractivity contribution is 7.99. The predicted molar refractivity (Wildman–Crippen MR) is 105 cm³/mol. The molecular formula is C17H19ClN4O4S. The van der Waals surface area contributed by atoms with Gasteiger partial charge in [-0.15, -0.1) is 6.58 Å². The number of methoxy groups -OCH3 is 1. The van der Waals surface area contributed by atoms with Crippen LogP contribution in [0.3, 0.4) is 0 Å². The van der Waals surface area contributed by atoms with Crippen LogP contribution in [0.2, 0.25) is 5.02 Å². The van der Waals surface area contributed by atoms with Gasteiger partial charge in [0.1, 0.15) is 0 Å². The minimum atomic E-state index is -0.612. The number of rotatable bonds is 8. The lowest BCUT2D eigenvalue weighted by Crippen LogP contribution is -2.41. The van der Waals surface area contributed by atoms with Gasteiger partial charge in [-0.3, -0.25) is 19.5 Å². The van der Waals surface area contributed by atoms with Gasteiger partial charge >= 0.3 is 6.03 Å². The molecule has 0 fully saturated rings. The highest BCUT2D eigenvalue weighted by Crippen LogP contribution is 2.20. The maximum absolute atomic E-state index is 12.7. The maximum Gasteiger partial charge on any atom is 0.321 e. The van der Waals surface area contributed by atoms with Gasteiger partial charge in [-0.2, -0.15) is 0 Å². The number of hydrogen-bond acceptors (Lipinski definition) is 6. The number of thioether (sulfide) groups is 1. The first-order valence-corrected chi connectivity index (χ1v) is 9.33. The van der Waals surface area contributed by atoms with Crippen LogP contribution in [0.4, 0.5) is 4.79 Å². The Balaban J connectivity index is 2.14. The zero-order valence-corrected chi connectivity index (χ0v) is 16.2. The average molecular weight is 411 g/mol. The van der Waals surface area contributed by atoms with Gasteiger partial charge in [-0.25, -0.2) is 9.78 Å². The molecule has 144 valence electrons. The Kier molecular flexibility index (Phi) is 7.83. The van der Waals surface area contributed by atoms with Crippen LogP contribution in [0.5, 0.6) is 0 Å². The molecule has 27 heavy (non-hydrogen) atoms. The Hall–Kier alpha value is -2.36. The molecule has 1 aromatic carbocycles. The summed E-state index contributed by atoms with van der Waals surface area (Å²) < 4.78 is 6.22. The van der Waals surface area contributed by atoms with Crippen LogP contribution in [0.25, 0.3) is 10.9 Å². The molecule has 2 aromatic rings. The largest absolute Gasteiger partial charge is 0.383 e. The molecule has 0 bridgehead atoms. The number of halogens is 1. The molecule has 0 saturated heterocycles. The monoisotopic (exact) mass is 410 g/mol. The Morgan fingerprint density at radius 1 is 1.44 bits per heavy atom. The van der Waals surface area contributed by atoms with E-state index in [0.717, 1.165) is 11.8 Å². The Morgan fingerprint density at radius 2 is 2.22 bits per heavy atom. The summed E-state index contributed by atoms with van der Waals surface area (Å²) in [6, 6.07) is 4.20. The minimum absolute atomic E-state index is 0.0899. The lowest BCUT2D eigenvalue weighted by atomic mass is 10.2. The Labute approximate surface area is 164 Å². The molecule has 1 aromatic heterocycles. The molecular weight excluding hydrogens is 392 g/mol. The standard InChI is InChI=1S/C17H19ClN4O4S/c1-3-7-22-15(24)12-5-4-11(18)9-13(12)20-17(22)27-10-14(23)21-16(25)19-6-8-26-2/h3-5,9H,1,6-8,10H2,2H3,(H2,19,21,23,25). The van der Waals surface area contributed by atoms with E-state index in [9.17, 15) is 14.4 Å². The van der Waals surface area contributed by atoms with E-state index < -0.39 is 11.9 Å². The summed E-state index contributed by atoms with van der Waals surface area (Å²) in [5.74, 6) is -0.603. The first kappa shape index (κ1) is 20.9. The van der Waals surface area contributed by atoms with E-state index in [1.54, 1.807) is 24.3 Å². The van der Waals surface area contributed by atoms with Crippen molar-refractivity contribution in [3.63, 3.8) is 0 Å². The summed E-state index contributed by atoms with van der Waals surface area (Å²) in [6.45, 7) is 4.51. The van der Waals surface area contributed by atoms with Crippen molar-refractivity contribution in [1.29, 1.82) is 0 Å². The van der Waals surface area contributed by atoms with E-state index in [4.69, 9.17) is 16.3 Å². The minimum Gasteiger partial charge on any atom is -0.383 e. The van der Waals surface area contributed by atoms with Crippen molar-refractivity contribution in [1.82, 2.24) is 20.2 Å². The SMILES string of the molecule is C=CCn1c(SCC(=O)NC(=O)NCCOC)nc2cc(Cl)ccc2c1=O. The molecule has 0 spiro atoms. The molecule has 3 amide bonds. The Bertz CT molecular complexity index is 916. The van der Waals surface area contributed by atoms with Crippen LogP contribution in [0.15, 0.2) is 40.8 Å². The summed E-state index contributed by atoms with van der Waals surface area (Å²) in [5, 5.41) is 5.90. The summed E-state index contributed by atoms with van der Waals surface area (Å²) in [6.07, 6.45) is 1.57. The van der Waals surface area contributed by atoms with Crippen molar-refractivity contribution < 1.29 is 14.3 Å². The fraction of sp³-hybridized carbons (Fsp3) is 0.294. The van der Waals surface area contributed by atoms with Crippen LogP contribution in [-0.2, 0) is 16.1 Å². The van der Waals surface area contributed by atoms with E-state index in [1.165, 1.54) is 11.7 Å². The topological polar surface area (TPSA) is 102 Å². The first-order valence-electron chi connectivity index (χ1n) is 7.96. The lowest BCUT2D eigenvalue weighted by molar-refractivity contribution is -0.117. The molecule has 0 unspecified atom stereocenters. The third-order valence-electron chi connectivity index (χ3n) is 3.37. The second-order valence-electron chi connectivity index (χ2n) is 5.35. The van der Waals surface area contributed by atoms with Crippen LogP contribution >= 0.6 is 23.4 Å². The van der Waals surface area contributed by atoms with Gasteiger partial charge in [0, 0.05) is 25.2 Å². The second kappa shape index (κ2) is 10.1. The number of fused-ring (bicyclic) bond motifs is 1. The third-order valence-corrected chi connectivity index (χ3v) is 4.58. The molecule has 0 radical (unpaired) electrons. The van der Waals surface area contributed by atoms with Crippen molar-refractivity contribution in [3.05, 3.63) is 46.2 Å². The van der Waals surface area contributed by atoms with Gasteiger partial charge in [-0.05, 0) is 18.2 Å². The van der Waals surface area contributed by atoms with Crippen molar-refractivity contribution in [2.45, 2.75) is 11.7 Å². The summed E-state index contributed by atoms with van der Waals surface area (Å²) in [4.78, 5) is 40.6. The smallest absolute Gasteiger partial charge is 0.321 e. The Morgan fingerprint density at radius 3 is 2.93 bits per heavy atom. The van der Waals surface area contributed by atoms with E-state index in [0.29, 0.717) is 27.7 Å². The molecule has 1 heterocycles. The van der Waals surface area contributed by atoms with Crippen molar-refractivity contribution in [3.8, 4) is 0 Å². The molecule has 8 nitrogen and oxygen atoms in total. The number of carbonyl (C=O) groups is 2. The number of benzene rings is 1. The fourth-order valence-electron chi connectivity index (χ4n) is 2.18. The normalized spacial score (nSPS) is 10.6. The van der Waals surface area contributed by atoms with Crippen LogP contribution in [-0.4, -0.2) is 47.5 Å². The van der Waals surface area contributed by atoms with E-state index in [1.807, 2.05) is 0 Å². The number of hydrogen-bond donors (Lipinski definition) is 2. The number of ether oxygens (including phenoxy) is 1. The van der Waals surface area contributed by atoms with E-state index >= 15 is 0 Å². The first-order chi connectivity index (χ1) is 13.0.